The summed E-state index contributed by atoms with van der Waals surface area (Å²) in [7, 11) is 0. The number of ether oxygens (including phenoxy) is 2. The van der Waals surface area contributed by atoms with Crippen LogP contribution in [0, 0.1) is 11.8 Å². The molecule has 0 aromatic heterocycles. The zero-order chi connectivity index (χ0) is 18.9. The highest BCUT2D eigenvalue weighted by Crippen LogP contribution is 2.05. The molecular formula is C12H20N2O10. The van der Waals surface area contributed by atoms with Crippen molar-refractivity contribution in [3.63, 3.8) is 0 Å². The second-order valence-electron chi connectivity index (χ2n) is 4.79. The van der Waals surface area contributed by atoms with Crippen LogP contribution in [0.4, 0.5) is 0 Å². The Labute approximate surface area is 135 Å². The molecule has 12 nitrogen and oxygen atoms in total. The highest BCUT2D eigenvalue weighted by Gasteiger charge is 2.33. The second kappa shape index (κ2) is 10.5. The third-order valence-electron chi connectivity index (χ3n) is 2.91. The maximum absolute atomic E-state index is 10.7. The van der Waals surface area contributed by atoms with Crippen LogP contribution in [0.1, 0.15) is 0 Å². The van der Waals surface area contributed by atoms with Gasteiger partial charge in [-0.15, -0.1) is 0 Å². The van der Waals surface area contributed by atoms with Crippen molar-refractivity contribution < 1.29 is 49.1 Å². The van der Waals surface area contributed by atoms with E-state index in [1.54, 1.807) is 0 Å². The molecule has 0 heterocycles. The molecule has 0 saturated carbocycles. The number of nitrogens with two attached hydrogens (primary N) is 2. The lowest BCUT2D eigenvalue weighted by Gasteiger charge is -2.18. The molecule has 0 bridgehead atoms. The highest BCUT2D eigenvalue weighted by molar-refractivity contribution is 5.94. The molecule has 24 heavy (non-hydrogen) atoms. The number of carboxylic acid groups (broad SMARTS) is 4. The van der Waals surface area contributed by atoms with E-state index >= 15 is 0 Å². The van der Waals surface area contributed by atoms with Crippen LogP contribution in [-0.4, -0.2) is 82.8 Å². The van der Waals surface area contributed by atoms with Crippen LogP contribution in [0.15, 0.2) is 0 Å². The van der Waals surface area contributed by atoms with E-state index in [2.05, 4.69) is 0 Å². The molecule has 0 aliphatic heterocycles. The van der Waals surface area contributed by atoms with Gasteiger partial charge in [-0.1, -0.05) is 0 Å². The van der Waals surface area contributed by atoms with Crippen molar-refractivity contribution in [2.75, 3.05) is 26.4 Å². The number of hydrogen-bond acceptors (Lipinski definition) is 8. The fourth-order valence-corrected chi connectivity index (χ4v) is 1.69. The lowest BCUT2D eigenvalue weighted by Crippen LogP contribution is -2.44. The maximum Gasteiger partial charge on any atom is 0.319 e. The summed E-state index contributed by atoms with van der Waals surface area (Å²) in [5.41, 5.74) is 10.8. The lowest BCUT2D eigenvalue weighted by molar-refractivity contribution is -0.158. The van der Waals surface area contributed by atoms with Crippen LogP contribution in [0.3, 0.4) is 0 Å². The van der Waals surface area contributed by atoms with Gasteiger partial charge in [0.1, 0.15) is 0 Å². The van der Waals surface area contributed by atoms with Crippen LogP contribution < -0.4 is 11.5 Å². The molecule has 0 radical (unpaired) electrons. The predicted octanol–water partition coefficient (Wildman–Crippen LogP) is -2.75. The molecule has 0 saturated heterocycles. The molecule has 0 rings (SSSR count). The number of hydrogen-bond donors (Lipinski definition) is 6. The number of carboxylic acids is 4. The van der Waals surface area contributed by atoms with Gasteiger partial charge in [-0.3, -0.25) is 19.2 Å². The van der Waals surface area contributed by atoms with Gasteiger partial charge in [-0.2, -0.15) is 0 Å². The van der Waals surface area contributed by atoms with E-state index in [1.165, 1.54) is 0 Å². The summed E-state index contributed by atoms with van der Waals surface area (Å²) in [5, 5.41) is 34.8. The predicted molar refractivity (Wildman–Crippen MR) is 75.1 cm³/mol. The van der Waals surface area contributed by atoms with Crippen molar-refractivity contribution >= 4 is 23.9 Å². The van der Waals surface area contributed by atoms with Gasteiger partial charge in [0.05, 0.1) is 38.5 Å². The van der Waals surface area contributed by atoms with Crippen molar-refractivity contribution in [1.82, 2.24) is 0 Å². The summed E-state index contributed by atoms with van der Waals surface area (Å²) in [6.45, 7) is -0.911. The molecule has 2 atom stereocenters. The van der Waals surface area contributed by atoms with E-state index in [-0.39, 0.29) is 26.4 Å². The Morgan fingerprint density at radius 3 is 1.12 bits per heavy atom. The topological polar surface area (TPSA) is 220 Å². The maximum atomic E-state index is 10.7. The first-order valence-corrected chi connectivity index (χ1v) is 6.67. The average Bonchev–Trinajstić information content (AvgIpc) is 2.40. The van der Waals surface area contributed by atoms with Crippen LogP contribution in [-0.2, 0) is 28.7 Å². The molecular weight excluding hydrogens is 332 g/mol. The third kappa shape index (κ3) is 7.32. The zero-order valence-corrected chi connectivity index (χ0v) is 12.5. The Hall–Kier alpha value is -2.28. The van der Waals surface area contributed by atoms with Gasteiger partial charge in [0.25, 0.3) is 0 Å². The highest BCUT2D eigenvalue weighted by atomic mass is 16.5. The fraction of sp³-hybridized carbons (Fsp3) is 0.667. The van der Waals surface area contributed by atoms with Gasteiger partial charge >= 0.3 is 23.9 Å². The Balaban J connectivity index is 4.07. The molecule has 0 spiro atoms. The average molecular weight is 352 g/mol. The third-order valence-corrected chi connectivity index (χ3v) is 2.91. The Kier molecular flexibility index (Phi) is 9.49. The van der Waals surface area contributed by atoms with Crippen LogP contribution >= 0.6 is 0 Å². The van der Waals surface area contributed by atoms with E-state index in [4.69, 9.17) is 41.4 Å². The number of rotatable bonds is 13. The molecule has 138 valence electrons. The van der Waals surface area contributed by atoms with Crippen molar-refractivity contribution in [2.45, 2.75) is 12.1 Å². The second-order valence-corrected chi connectivity index (χ2v) is 4.79. The molecule has 8 N–H and O–H groups in total. The summed E-state index contributed by atoms with van der Waals surface area (Å²) < 4.78 is 9.93. The molecule has 0 aliphatic rings. The first kappa shape index (κ1) is 21.7. The molecule has 0 fully saturated rings. The summed E-state index contributed by atoms with van der Waals surface area (Å²) in [6.07, 6.45) is 0. The van der Waals surface area contributed by atoms with Gasteiger partial charge in [0.2, 0.25) is 0 Å². The van der Waals surface area contributed by atoms with E-state index in [0.29, 0.717) is 0 Å². The Bertz CT molecular complexity index is 399. The Morgan fingerprint density at radius 1 is 0.667 bits per heavy atom. The van der Waals surface area contributed by atoms with Gasteiger partial charge in [0, 0.05) is 0 Å². The number of carbonyl (C=O) groups is 4. The standard InChI is InChI=1S/C12H20N2O10/c13-5(7(9(15)16)10(17)18)3-23-1-2-24-4-6(14)8(11(19)20)12(21)22/h5-8H,1-4,13-14H2,(H,15,16)(H,17,18)(H,19,20)(H,21,22). The first-order chi connectivity index (χ1) is 11.1. The van der Waals surface area contributed by atoms with Crippen molar-refractivity contribution in [2.24, 2.45) is 23.3 Å². The van der Waals surface area contributed by atoms with Gasteiger partial charge in [-0.25, -0.2) is 0 Å². The van der Waals surface area contributed by atoms with Crippen LogP contribution in [0.25, 0.3) is 0 Å². The van der Waals surface area contributed by atoms with Crippen molar-refractivity contribution in [3.05, 3.63) is 0 Å². The van der Waals surface area contributed by atoms with Crippen LogP contribution in [0.2, 0.25) is 0 Å². The smallest absolute Gasteiger partial charge is 0.319 e. The van der Waals surface area contributed by atoms with Crippen molar-refractivity contribution in [1.29, 1.82) is 0 Å². The quantitative estimate of drug-likeness (QED) is 0.147. The normalized spacial score (nSPS) is 13.7. The molecule has 0 aliphatic carbocycles. The minimum atomic E-state index is -1.81. The van der Waals surface area contributed by atoms with E-state index in [0.717, 1.165) is 0 Å². The van der Waals surface area contributed by atoms with E-state index in [9.17, 15) is 19.2 Å². The molecule has 12 heteroatoms. The monoisotopic (exact) mass is 352 g/mol. The minimum absolute atomic E-state index is 0.100. The summed E-state index contributed by atoms with van der Waals surface area (Å²) in [6, 6.07) is -2.55. The van der Waals surface area contributed by atoms with Crippen LogP contribution in [0.5, 0.6) is 0 Å². The van der Waals surface area contributed by atoms with E-state index in [1.807, 2.05) is 0 Å². The lowest BCUT2D eigenvalue weighted by atomic mass is 10.0. The first-order valence-electron chi connectivity index (χ1n) is 6.67. The largest absolute Gasteiger partial charge is 0.481 e. The van der Waals surface area contributed by atoms with Gasteiger partial charge < -0.3 is 41.4 Å². The summed E-state index contributed by atoms with van der Waals surface area (Å²) in [4.78, 5) is 42.9. The Morgan fingerprint density at radius 2 is 0.917 bits per heavy atom. The SMILES string of the molecule is NC(COCCOCC(N)C(C(=O)O)C(=O)O)C(C(=O)O)C(=O)O. The zero-order valence-electron chi connectivity index (χ0n) is 12.5. The van der Waals surface area contributed by atoms with Crippen molar-refractivity contribution in [3.8, 4) is 0 Å². The number of aliphatic carboxylic acids is 4. The molecule has 2 unspecified atom stereocenters. The molecule has 0 aromatic rings. The van der Waals surface area contributed by atoms with Gasteiger partial charge in [0.15, 0.2) is 11.8 Å². The molecule has 0 aromatic carbocycles. The van der Waals surface area contributed by atoms with Gasteiger partial charge in [-0.05, 0) is 0 Å². The molecule has 0 amide bonds. The summed E-state index contributed by atoms with van der Waals surface area (Å²) in [5.74, 6) is -9.98. The van der Waals surface area contributed by atoms with E-state index < -0.39 is 47.8 Å². The minimum Gasteiger partial charge on any atom is -0.481 e. The summed E-state index contributed by atoms with van der Waals surface area (Å²) >= 11 is 0. The fourth-order valence-electron chi connectivity index (χ4n) is 1.69.